The van der Waals surface area contributed by atoms with Gasteiger partial charge in [-0.2, -0.15) is 0 Å². The molecule has 0 aromatic heterocycles. The molecule has 0 unspecified atom stereocenters. The Morgan fingerprint density at radius 1 is 0.647 bits per heavy atom. The van der Waals surface area contributed by atoms with Gasteiger partial charge in [-0.15, -0.1) is 0 Å². The molecule has 1 saturated heterocycles. The van der Waals surface area contributed by atoms with E-state index in [1.165, 1.54) is 0 Å². The third kappa shape index (κ3) is 14.7. The monoisotopic (exact) mass is 490 g/mol. The Bertz CT molecular complexity index is 621. The van der Waals surface area contributed by atoms with Crippen molar-refractivity contribution in [1.29, 1.82) is 0 Å². The standard InChI is InChI=1S/C20H38N6O8/c21-1-11-34-12-2-22-17(27)13-23-3-5-24(14-18(28)29)7-9-26(16-20(32)33)10-8-25(6-4-23)15-19(30)31/h1-16,21H2,(H,22,27)(H,28,29)(H,30,31)(H,32,33). The van der Waals surface area contributed by atoms with Crippen LogP contribution >= 0.6 is 0 Å². The Kier molecular flexibility index (Phi) is 14.9. The lowest BCUT2D eigenvalue weighted by atomic mass is 10.3. The van der Waals surface area contributed by atoms with Gasteiger partial charge in [0, 0.05) is 65.4 Å². The maximum absolute atomic E-state index is 12.4. The van der Waals surface area contributed by atoms with Crippen molar-refractivity contribution in [1.82, 2.24) is 24.9 Å². The minimum Gasteiger partial charge on any atom is -0.480 e. The van der Waals surface area contributed by atoms with Gasteiger partial charge in [0.15, 0.2) is 0 Å². The molecule has 0 atom stereocenters. The first kappa shape index (κ1) is 29.7. The smallest absolute Gasteiger partial charge is 0.317 e. The number of carboxylic acids is 3. The second-order valence-electron chi connectivity index (χ2n) is 8.04. The fourth-order valence-electron chi connectivity index (χ4n) is 3.49. The van der Waals surface area contributed by atoms with Crippen molar-refractivity contribution in [2.75, 3.05) is 105 Å². The summed E-state index contributed by atoms with van der Waals surface area (Å²) in [6.07, 6.45) is 0. The number of carboxylic acid groups (broad SMARTS) is 3. The van der Waals surface area contributed by atoms with Crippen molar-refractivity contribution in [2.24, 2.45) is 5.73 Å². The van der Waals surface area contributed by atoms with Gasteiger partial charge < -0.3 is 31.1 Å². The molecule has 1 amide bonds. The van der Waals surface area contributed by atoms with Gasteiger partial charge in [0.2, 0.25) is 5.91 Å². The van der Waals surface area contributed by atoms with Crippen LogP contribution in [0.15, 0.2) is 0 Å². The molecule has 1 aliphatic rings. The summed E-state index contributed by atoms with van der Waals surface area (Å²) in [6.45, 7) is 3.74. The van der Waals surface area contributed by atoms with Crippen molar-refractivity contribution in [3.63, 3.8) is 0 Å². The fraction of sp³-hybridized carbons (Fsp3) is 0.800. The number of hydrogen-bond acceptors (Lipinski definition) is 10. The van der Waals surface area contributed by atoms with Crippen molar-refractivity contribution in [2.45, 2.75) is 0 Å². The van der Waals surface area contributed by atoms with Gasteiger partial charge in [-0.3, -0.25) is 38.8 Å². The molecule has 6 N–H and O–H groups in total. The Morgan fingerprint density at radius 3 is 1.32 bits per heavy atom. The van der Waals surface area contributed by atoms with E-state index in [1.807, 2.05) is 4.90 Å². The average molecular weight is 491 g/mol. The van der Waals surface area contributed by atoms with Gasteiger partial charge in [-0.1, -0.05) is 0 Å². The lowest BCUT2D eigenvalue weighted by molar-refractivity contribution is -0.140. The number of nitrogens with two attached hydrogens (primary N) is 1. The van der Waals surface area contributed by atoms with Crippen LogP contribution in [-0.4, -0.2) is 164 Å². The minimum atomic E-state index is -1.01. The van der Waals surface area contributed by atoms with Crippen LogP contribution in [0.5, 0.6) is 0 Å². The molecule has 196 valence electrons. The second-order valence-corrected chi connectivity index (χ2v) is 8.04. The molecular weight excluding hydrogens is 452 g/mol. The van der Waals surface area contributed by atoms with Crippen molar-refractivity contribution in [3.8, 4) is 0 Å². The van der Waals surface area contributed by atoms with Gasteiger partial charge in [-0.05, 0) is 0 Å². The Labute approximate surface area is 199 Å². The van der Waals surface area contributed by atoms with Crippen LogP contribution in [0, 0.1) is 0 Å². The molecular formula is C20H38N6O8. The summed E-state index contributed by atoms with van der Waals surface area (Å²) in [5, 5.41) is 30.4. The van der Waals surface area contributed by atoms with Crippen LogP contribution in [0.4, 0.5) is 0 Å². The molecule has 14 heteroatoms. The quantitative estimate of drug-likeness (QED) is 0.160. The van der Waals surface area contributed by atoms with Gasteiger partial charge in [0.25, 0.3) is 0 Å². The van der Waals surface area contributed by atoms with E-state index in [0.29, 0.717) is 78.7 Å². The molecule has 0 spiro atoms. The summed E-state index contributed by atoms with van der Waals surface area (Å²) in [6, 6.07) is 0. The zero-order chi connectivity index (χ0) is 25.3. The maximum atomic E-state index is 12.4. The number of amides is 1. The number of nitrogens with one attached hydrogen (secondary N) is 1. The van der Waals surface area contributed by atoms with E-state index in [9.17, 15) is 34.5 Å². The summed E-state index contributed by atoms with van der Waals surface area (Å²) in [7, 11) is 0. The highest BCUT2D eigenvalue weighted by Gasteiger charge is 2.21. The topological polar surface area (TPSA) is 189 Å². The Morgan fingerprint density at radius 2 is 1.00 bits per heavy atom. The first-order chi connectivity index (χ1) is 16.2. The molecule has 1 heterocycles. The number of aliphatic carboxylic acids is 3. The van der Waals surface area contributed by atoms with Gasteiger partial charge in [-0.25, -0.2) is 0 Å². The van der Waals surface area contributed by atoms with Crippen LogP contribution in [0.3, 0.4) is 0 Å². The molecule has 0 aliphatic carbocycles. The molecule has 0 saturated carbocycles. The number of carbonyl (C=O) groups excluding carboxylic acids is 1. The predicted molar refractivity (Wildman–Crippen MR) is 122 cm³/mol. The molecule has 0 bridgehead atoms. The van der Waals surface area contributed by atoms with E-state index >= 15 is 0 Å². The van der Waals surface area contributed by atoms with Crippen LogP contribution in [0.25, 0.3) is 0 Å². The molecule has 1 fully saturated rings. The highest BCUT2D eigenvalue weighted by atomic mass is 16.5. The van der Waals surface area contributed by atoms with E-state index in [4.69, 9.17) is 10.5 Å². The SMILES string of the molecule is NCCOCCNC(=O)CN1CCN(CC(=O)O)CCN(CC(=O)O)CCN(CC(=O)O)CC1. The predicted octanol–water partition coefficient (Wildman–Crippen LogP) is -3.45. The minimum absolute atomic E-state index is 0.0733. The molecule has 0 aromatic rings. The lowest BCUT2D eigenvalue weighted by Crippen LogP contribution is -2.50. The number of nitrogens with zero attached hydrogens (tertiary/aromatic N) is 4. The third-order valence-electron chi connectivity index (χ3n) is 5.20. The first-order valence-electron chi connectivity index (χ1n) is 11.3. The maximum Gasteiger partial charge on any atom is 0.317 e. The van der Waals surface area contributed by atoms with Crippen LogP contribution in [-0.2, 0) is 23.9 Å². The zero-order valence-corrected chi connectivity index (χ0v) is 19.6. The molecule has 1 aliphatic heterocycles. The van der Waals surface area contributed by atoms with Gasteiger partial charge in [0.1, 0.15) is 0 Å². The van der Waals surface area contributed by atoms with E-state index in [2.05, 4.69) is 5.32 Å². The first-order valence-corrected chi connectivity index (χ1v) is 11.3. The summed E-state index contributed by atoms with van der Waals surface area (Å²) >= 11 is 0. The molecule has 1 rings (SSSR count). The molecule has 14 nitrogen and oxygen atoms in total. The summed E-state index contributed by atoms with van der Waals surface area (Å²) in [5.74, 6) is -3.21. The van der Waals surface area contributed by atoms with Crippen LogP contribution < -0.4 is 11.1 Å². The Balaban J connectivity index is 2.82. The van der Waals surface area contributed by atoms with E-state index in [-0.39, 0.29) is 32.1 Å². The average Bonchev–Trinajstić information content (AvgIpc) is 2.74. The van der Waals surface area contributed by atoms with Crippen LogP contribution in [0.2, 0.25) is 0 Å². The zero-order valence-electron chi connectivity index (χ0n) is 19.6. The Hall–Kier alpha value is -2.36. The highest BCUT2D eigenvalue weighted by molar-refractivity contribution is 5.78. The highest BCUT2D eigenvalue weighted by Crippen LogP contribution is 2.01. The molecule has 34 heavy (non-hydrogen) atoms. The largest absolute Gasteiger partial charge is 0.480 e. The van der Waals surface area contributed by atoms with Crippen molar-refractivity contribution in [3.05, 3.63) is 0 Å². The number of ether oxygens (including phenoxy) is 1. The summed E-state index contributed by atoms with van der Waals surface area (Å²) in [4.78, 5) is 53.1. The van der Waals surface area contributed by atoms with Crippen LogP contribution in [0.1, 0.15) is 0 Å². The van der Waals surface area contributed by atoms with E-state index in [0.717, 1.165) is 0 Å². The van der Waals surface area contributed by atoms with Crippen molar-refractivity contribution < 1.29 is 39.2 Å². The second kappa shape index (κ2) is 17.1. The lowest BCUT2D eigenvalue weighted by Gasteiger charge is -2.32. The number of carbonyl (C=O) groups is 4. The third-order valence-corrected chi connectivity index (χ3v) is 5.20. The van der Waals surface area contributed by atoms with Crippen molar-refractivity contribution >= 4 is 23.8 Å². The van der Waals surface area contributed by atoms with E-state index < -0.39 is 17.9 Å². The number of hydrogen-bond donors (Lipinski definition) is 5. The number of rotatable bonds is 13. The van der Waals surface area contributed by atoms with Gasteiger partial charge >= 0.3 is 17.9 Å². The molecule has 0 radical (unpaired) electrons. The normalized spacial score (nSPS) is 18.0. The summed E-state index contributed by atoms with van der Waals surface area (Å²) in [5.41, 5.74) is 5.35. The van der Waals surface area contributed by atoms with Gasteiger partial charge in [0.05, 0.1) is 39.4 Å². The van der Waals surface area contributed by atoms with E-state index in [1.54, 1.807) is 14.7 Å². The summed E-state index contributed by atoms with van der Waals surface area (Å²) < 4.78 is 5.23. The molecule has 0 aromatic carbocycles. The fourth-order valence-corrected chi connectivity index (χ4v) is 3.49.